The van der Waals surface area contributed by atoms with E-state index in [4.69, 9.17) is 0 Å². The predicted molar refractivity (Wildman–Crippen MR) is 96.0 cm³/mol. The zero-order chi connectivity index (χ0) is 19.6. The summed E-state index contributed by atoms with van der Waals surface area (Å²) in [5, 5.41) is 11.9. The van der Waals surface area contributed by atoms with Gasteiger partial charge in [-0.25, -0.2) is 17.8 Å². The topological polar surface area (TPSA) is 104 Å². The number of benzene rings is 1. The second-order valence-electron chi connectivity index (χ2n) is 6.05. The molecule has 7 nitrogen and oxygen atoms in total. The molecule has 1 atom stereocenters. The molecule has 0 saturated heterocycles. The van der Waals surface area contributed by atoms with Crippen molar-refractivity contribution in [2.75, 3.05) is 6.26 Å². The second kappa shape index (κ2) is 7.17. The van der Waals surface area contributed by atoms with Gasteiger partial charge in [-0.15, -0.1) is 0 Å². The first-order valence-electron chi connectivity index (χ1n) is 7.87. The molecule has 0 aliphatic carbocycles. The minimum absolute atomic E-state index is 0.175. The van der Waals surface area contributed by atoms with Crippen molar-refractivity contribution in [3.05, 3.63) is 71.4 Å². The number of sulfone groups is 1. The maximum absolute atomic E-state index is 13.4. The van der Waals surface area contributed by atoms with Crippen LogP contribution in [0.15, 0.2) is 48.8 Å². The Kier molecular flexibility index (Phi) is 4.92. The number of nitrogens with zero attached hydrogens (tertiary/aromatic N) is 3. The highest BCUT2D eigenvalue weighted by Crippen LogP contribution is 2.17. The van der Waals surface area contributed by atoms with Crippen molar-refractivity contribution in [1.29, 1.82) is 5.26 Å². The average molecular weight is 386 g/mol. The average Bonchev–Trinajstić information content (AvgIpc) is 2.99. The first-order chi connectivity index (χ1) is 12.8. The van der Waals surface area contributed by atoms with E-state index in [1.807, 2.05) is 6.07 Å². The third kappa shape index (κ3) is 4.30. The van der Waals surface area contributed by atoms with E-state index >= 15 is 0 Å². The molecule has 138 valence electrons. The molecule has 27 heavy (non-hydrogen) atoms. The molecule has 0 saturated carbocycles. The van der Waals surface area contributed by atoms with Crippen LogP contribution in [0, 0.1) is 17.1 Å². The van der Waals surface area contributed by atoms with Crippen molar-refractivity contribution in [3.8, 4) is 6.07 Å². The number of halogens is 1. The van der Waals surface area contributed by atoms with Crippen LogP contribution in [-0.2, 0) is 15.6 Å². The number of fused-ring (bicyclic) bond motifs is 1. The van der Waals surface area contributed by atoms with E-state index in [2.05, 4.69) is 10.3 Å². The van der Waals surface area contributed by atoms with Crippen LogP contribution in [0.4, 0.5) is 4.39 Å². The number of rotatable bonds is 5. The maximum Gasteiger partial charge on any atom is 0.256 e. The van der Waals surface area contributed by atoms with Gasteiger partial charge in [0.15, 0.2) is 9.84 Å². The standard InChI is InChI=1S/C18H15FN4O3S/c1-27(25,26)11-14-10-23-7-3-6-15(17(23)21-14)18(24)22-16(9-20)12-4-2-5-13(19)8-12/h2-8,10,16H,11H2,1H3,(H,22,24). The van der Waals surface area contributed by atoms with Gasteiger partial charge in [0.2, 0.25) is 0 Å². The normalized spacial score (nSPS) is 12.5. The van der Waals surface area contributed by atoms with Gasteiger partial charge in [-0.1, -0.05) is 12.1 Å². The molecule has 0 fully saturated rings. The second-order valence-corrected chi connectivity index (χ2v) is 8.19. The summed E-state index contributed by atoms with van der Waals surface area (Å²) in [4.78, 5) is 16.9. The largest absolute Gasteiger partial charge is 0.332 e. The lowest BCUT2D eigenvalue weighted by molar-refractivity contribution is 0.0946. The van der Waals surface area contributed by atoms with E-state index in [1.54, 1.807) is 16.7 Å². The number of nitriles is 1. The smallest absolute Gasteiger partial charge is 0.256 e. The fourth-order valence-electron chi connectivity index (χ4n) is 2.66. The Morgan fingerprint density at radius 1 is 1.37 bits per heavy atom. The van der Waals surface area contributed by atoms with Crippen LogP contribution in [0.25, 0.3) is 5.65 Å². The van der Waals surface area contributed by atoms with Crippen LogP contribution < -0.4 is 5.32 Å². The maximum atomic E-state index is 13.4. The van der Waals surface area contributed by atoms with Gasteiger partial charge >= 0.3 is 0 Å². The molecule has 0 aliphatic heterocycles. The van der Waals surface area contributed by atoms with Gasteiger partial charge in [-0.2, -0.15) is 5.26 Å². The molecule has 3 rings (SSSR count). The molecule has 1 N–H and O–H groups in total. The number of pyridine rings is 1. The lowest BCUT2D eigenvalue weighted by atomic mass is 10.1. The van der Waals surface area contributed by atoms with Crippen LogP contribution >= 0.6 is 0 Å². The number of amides is 1. The lowest BCUT2D eigenvalue weighted by Gasteiger charge is -2.12. The molecule has 9 heteroatoms. The van der Waals surface area contributed by atoms with Crippen LogP contribution in [-0.4, -0.2) is 30.0 Å². The van der Waals surface area contributed by atoms with E-state index in [1.165, 1.54) is 36.5 Å². The summed E-state index contributed by atoms with van der Waals surface area (Å²) < 4.78 is 37.9. The minimum atomic E-state index is -3.28. The van der Waals surface area contributed by atoms with Crippen molar-refractivity contribution < 1.29 is 17.6 Å². The fourth-order valence-corrected chi connectivity index (χ4v) is 3.34. The molecule has 1 unspecified atom stereocenters. The number of imidazole rings is 1. The molecule has 0 radical (unpaired) electrons. The Labute approximate surface area is 155 Å². The zero-order valence-electron chi connectivity index (χ0n) is 14.3. The zero-order valence-corrected chi connectivity index (χ0v) is 15.1. The number of nitrogens with one attached hydrogen (secondary N) is 1. The van der Waals surface area contributed by atoms with Gasteiger partial charge in [0.25, 0.3) is 5.91 Å². The molecule has 2 heterocycles. The SMILES string of the molecule is CS(=O)(=O)Cc1cn2cccc(C(=O)NC(C#N)c3cccc(F)c3)c2n1. The molecule has 0 aliphatic rings. The fraction of sp³-hybridized carbons (Fsp3) is 0.167. The number of hydrogen-bond donors (Lipinski definition) is 1. The highest BCUT2D eigenvalue weighted by Gasteiger charge is 2.19. The van der Waals surface area contributed by atoms with Crippen LogP contribution in [0.2, 0.25) is 0 Å². The van der Waals surface area contributed by atoms with Crippen molar-refractivity contribution in [3.63, 3.8) is 0 Å². The number of aromatic nitrogens is 2. The number of carbonyl (C=O) groups is 1. The van der Waals surface area contributed by atoms with E-state index in [0.29, 0.717) is 11.3 Å². The summed E-state index contributed by atoms with van der Waals surface area (Å²) in [6.07, 6.45) is 4.27. The molecule has 1 amide bonds. The Morgan fingerprint density at radius 2 is 2.15 bits per heavy atom. The third-order valence-corrected chi connectivity index (χ3v) is 4.59. The van der Waals surface area contributed by atoms with E-state index in [-0.39, 0.29) is 17.0 Å². The molecule has 0 spiro atoms. The summed E-state index contributed by atoms with van der Waals surface area (Å²) in [7, 11) is -3.28. The Morgan fingerprint density at radius 3 is 2.81 bits per heavy atom. The van der Waals surface area contributed by atoms with Gasteiger partial charge in [-0.05, 0) is 29.8 Å². The van der Waals surface area contributed by atoms with Gasteiger partial charge < -0.3 is 9.72 Å². The van der Waals surface area contributed by atoms with Crippen LogP contribution in [0.3, 0.4) is 0 Å². The Bertz CT molecular complexity index is 1160. The van der Waals surface area contributed by atoms with Gasteiger partial charge in [0.05, 0.1) is 23.1 Å². The van der Waals surface area contributed by atoms with Crippen LogP contribution in [0.5, 0.6) is 0 Å². The molecular formula is C18H15FN4O3S. The number of carbonyl (C=O) groups excluding carboxylic acids is 1. The molecule has 2 aromatic heterocycles. The van der Waals surface area contributed by atoms with Crippen molar-refractivity contribution in [1.82, 2.24) is 14.7 Å². The summed E-state index contributed by atoms with van der Waals surface area (Å²) in [5.74, 6) is -1.34. The Hall–Kier alpha value is -3.25. The number of hydrogen-bond acceptors (Lipinski definition) is 5. The van der Waals surface area contributed by atoms with E-state index in [0.717, 1.165) is 6.26 Å². The lowest BCUT2D eigenvalue weighted by Crippen LogP contribution is -2.28. The molecular weight excluding hydrogens is 371 g/mol. The Balaban J connectivity index is 1.92. The molecule has 0 bridgehead atoms. The summed E-state index contributed by atoms with van der Waals surface area (Å²) in [6, 6.07) is 9.42. The van der Waals surface area contributed by atoms with E-state index < -0.39 is 27.6 Å². The first-order valence-corrected chi connectivity index (χ1v) is 9.93. The monoisotopic (exact) mass is 386 g/mol. The van der Waals surface area contributed by atoms with Crippen molar-refractivity contribution in [2.24, 2.45) is 0 Å². The first kappa shape index (κ1) is 18.5. The van der Waals surface area contributed by atoms with Gasteiger partial charge in [-0.3, -0.25) is 4.79 Å². The summed E-state index contributed by atoms with van der Waals surface area (Å²) in [5.41, 5.74) is 1.07. The van der Waals surface area contributed by atoms with Gasteiger partial charge in [0, 0.05) is 18.6 Å². The third-order valence-electron chi connectivity index (χ3n) is 3.77. The van der Waals surface area contributed by atoms with Crippen molar-refractivity contribution >= 4 is 21.4 Å². The minimum Gasteiger partial charge on any atom is -0.332 e. The highest BCUT2D eigenvalue weighted by atomic mass is 32.2. The molecule has 3 aromatic rings. The predicted octanol–water partition coefficient (Wildman–Crippen LogP) is 2.01. The summed E-state index contributed by atoms with van der Waals surface area (Å²) in [6.45, 7) is 0. The highest BCUT2D eigenvalue weighted by molar-refractivity contribution is 7.89. The van der Waals surface area contributed by atoms with Crippen molar-refractivity contribution in [2.45, 2.75) is 11.8 Å². The quantitative estimate of drug-likeness (QED) is 0.722. The van der Waals surface area contributed by atoms with Crippen LogP contribution in [0.1, 0.15) is 27.7 Å². The molecule has 1 aromatic carbocycles. The van der Waals surface area contributed by atoms with E-state index in [9.17, 15) is 22.9 Å². The summed E-state index contributed by atoms with van der Waals surface area (Å²) >= 11 is 0. The van der Waals surface area contributed by atoms with Gasteiger partial charge in [0.1, 0.15) is 17.5 Å².